The normalized spacial score (nSPS) is 17.8. The van der Waals surface area contributed by atoms with E-state index >= 15 is 0 Å². The summed E-state index contributed by atoms with van der Waals surface area (Å²) >= 11 is 0. The zero-order valence-electron chi connectivity index (χ0n) is 17.7. The molecule has 0 radical (unpaired) electrons. The first-order valence-electron chi connectivity index (χ1n) is 10.3. The van der Waals surface area contributed by atoms with Crippen LogP contribution >= 0.6 is 0 Å². The summed E-state index contributed by atoms with van der Waals surface area (Å²) in [6.45, 7) is 10.5. The first-order valence-corrected chi connectivity index (χ1v) is 10.3. The van der Waals surface area contributed by atoms with Gasteiger partial charge in [-0.3, -0.25) is 4.79 Å². The van der Waals surface area contributed by atoms with Gasteiger partial charge in [-0.1, -0.05) is 44.5 Å². The number of hydrogen-bond acceptors (Lipinski definition) is 4. The number of carbonyl (C=O) groups is 1. The van der Waals surface area contributed by atoms with Gasteiger partial charge in [0.1, 0.15) is 5.75 Å². The van der Waals surface area contributed by atoms with Crippen molar-refractivity contribution in [1.82, 2.24) is 0 Å². The second-order valence-corrected chi connectivity index (χ2v) is 8.77. The Bertz CT molecular complexity index is 892. The van der Waals surface area contributed by atoms with Crippen molar-refractivity contribution < 1.29 is 19.0 Å². The number of fused-ring (bicyclic) bond motifs is 2. The maximum absolute atomic E-state index is 13.1. The zero-order valence-corrected chi connectivity index (χ0v) is 17.7. The number of hydrogen-bond donors (Lipinski definition) is 0. The van der Waals surface area contributed by atoms with Gasteiger partial charge in [-0.15, -0.1) is 0 Å². The van der Waals surface area contributed by atoms with Crippen LogP contribution in [0, 0.1) is 6.92 Å². The highest BCUT2D eigenvalue weighted by atomic mass is 16.7. The highest BCUT2D eigenvalue weighted by Gasteiger charge is 2.55. The number of aryl methyl sites for hydroxylation is 1. The molecule has 0 aromatic heterocycles. The van der Waals surface area contributed by atoms with E-state index in [1.54, 1.807) is 4.90 Å². The molecular weight excluding hydrogens is 366 g/mol. The van der Waals surface area contributed by atoms with Gasteiger partial charge in [-0.2, -0.15) is 0 Å². The van der Waals surface area contributed by atoms with Crippen molar-refractivity contribution in [2.45, 2.75) is 45.3 Å². The van der Waals surface area contributed by atoms with Gasteiger partial charge in [0.25, 0.3) is 11.7 Å². The monoisotopic (exact) mass is 395 g/mol. The summed E-state index contributed by atoms with van der Waals surface area (Å²) in [6.07, 6.45) is 0.718. The Morgan fingerprint density at radius 2 is 1.76 bits per heavy atom. The lowest BCUT2D eigenvalue weighted by Gasteiger charge is -2.22. The smallest absolute Gasteiger partial charge is 0.292 e. The van der Waals surface area contributed by atoms with Gasteiger partial charge < -0.3 is 19.1 Å². The third-order valence-corrected chi connectivity index (χ3v) is 5.53. The lowest BCUT2D eigenvalue weighted by atomic mass is 9.87. The molecule has 2 aliphatic heterocycles. The summed E-state index contributed by atoms with van der Waals surface area (Å²) in [6, 6.07) is 14.2. The van der Waals surface area contributed by atoms with E-state index in [9.17, 15) is 4.79 Å². The first kappa shape index (κ1) is 19.9. The van der Waals surface area contributed by atoms with Crippen LogP contribution in [0.15, 0.2) is 42.5 Å². The van der Waals surface area contributed by atoms with Crippen LogP contribution in [0.1, 0.15) is 43.9 Å². The molecule has 0 N–H and O–H groups in total. The molecule has 1 spiro atoms. The average Bonchev–Trinajstić information content (AvgIpc) is 3.26. The average molecular weight is 395 g/mol. The number of anilines is 1. The largest absolute Gasteiger partial charge is 0.494 e. The van der Waals surface area contributed by atoms with Crippen molar-refractivity contribution >= 4 is 11.6 Å². The number of carbonyl (C=O) groups excluding carboxylic acids is 1. The minimum atomic E-state index is -1.26. The fourth-order valence-electron chi connectivity index (χ4n) is 3.93. The van der Waals surface area contributed by atoms with Gasteiger partial charge in [0.15, 0.2) is 0 Å². The van der Waals surface area contributed by atoms with E-state index in [-0.39, 0.29) is 11.3 Å². The highest BCUT2D eigenvalue weighted by Crippen LogP contribution is 2.46. The Kier molecular flexibility index (Phi) is 5.13. The summed E-state index contributed by atoms with van der Waals surface area (Å²) in [5, 5.41) is 0. The van der Waals surface area contributed by atoms with Gasteiger partial charge in [0.05, 0.1) is 25.5 Å². The maximum atomic E-state index is 13.1. The minimum absolute atomic E-state index is 0.126. The fourth-order valence-corrected chi connectivity index (χ4v) is 3.93. The lowest BCUT2D eigenvalue weighted by Crippen LogP contribution is -2.41. The summed E-state index contributed by atoms with van der Waals surface area (Å²) in [4.78, 5) is 14.9. The van der Waals surface area contributed by atoms with E-state index in [0.29, 0.717) is 26.4 Å². The molecule has 2 aliphatic rings. The number of rotatable bonds is 5. The third-order valence-electron chi connectivity index (χ3n) is 5.53. The van der Waals surface area contributed by atoms with E-state index in [1.165, 1.54) is 5.56 Å². The molecule has 1 fully saturated rings. The van der Waals surface area contributed by atoms with E-state index in [2.05, 4.69) is 32.9 Å². The predicted molar refractivity (Wildman–Crippen MR) is 112 cm³/mol. The second-order valence-electron chi connectivity index (χ2n) is 8.77. The maximum Gasteiger partial charge on any atom is 0.292 e. The van der Waals surface area contributed by atoms with Gasteiger partial charge in [0, 0.05) is 12.1 Å². The fraction of sp³-hybridized carbons (Fsp3) is 0.458. The van der Waals surface area contributed by atoms with Crippen LogP contribution in [-0.2, 0) is 25.5 Å². The Morgan fingerprint density at radius 1 is 1.07 bits per heavy atom. The number of benzene rings is 2. The summed E-state index contributed by atoms with van der Waals surface area (Å²) in [7, 11) is 0. The molecule has 2 aromatic rings. The highest BCUT2D eigenvalue weighted by molar-refractivity contribution is 6.06. The van der Waals surface area contributed by atoms with E-state index < -0.39 is 5.79 Å². The molecule has 0 aliphatic carbocycles. The van der Waals surface area contributed by atoms with Crippen LogP contribution in [0.5, 0.6) is 5.75 Å². The third kappa shape index (κ3) is 3.65. The van der Waals surface area contributed by atoms with Crippen LogP contribution in [-0.4, -0.2) is 32.3 Å². The SMILES string of the molecule is Cc1ccc2c(c1)C1(OCCO1)C(=O)N2CCCOc1ccc(C(C)(C)C)cc1. The summed E-state index contributed by atoms with van der Waals surface area (Å²) in [5.41, 5.74) is 4.18. The van der Waals surface area contributed by atoms with Crippen LogP contribution in [0.4, 0.5) is 5.69 Å². The molecule has 1 amide bonds. The van der Waals surface area contributed by atoms with Crippen molar-refractivity contribution in [3.05, 3.63) is 59.2 Å². The predicted octanol–water partition coefficient (Wildman–Crippen LogP) is 4.31. The molecule has 4 rings (SSSR count). The zero-order chi connectivity index (χ0) is 20.6. The van der Waals surface area contributed by atoms with Crippen molar-refractivity contribution in [2.75, 3.05) is 31.3 Å². The van der Waals surface area contributed by atoms with Gasteiger partial charge in [-0.25, -0.2) is 0 Å². The number of ether oxygens (including phenoxy) is 3. The first-order chi connectivity index (χ1) is 13.8. The van der Waals surface area contributed by atoms with Crippen LogP contribution < -0.4 is 9.64 Å². The van der Waals surface area contributed by atoms with Gasteiger partial charge >= 0.3 is 0 Å². The minimum Gasteiger partial charge on any atom is -0.494 e. The van der Waals surface area contributed by atoms with Crippen molar-refractivity contribution in [3.63, 3.8) is 0 Å². The molecule has 29 heavy (non-hydrogen) atoms. The van der Waals surface area contributed by atoms with E-state index in [1.807, 2.05) is 37.3 Å². The lowest BCUT2D eigenvalue weighted by molar-refractivity contribution is -0.180. The van der Waals surface area contributed by atoms with E-state index in [4.69, 9.17) is 14.2 Å². The van der Waals surface area contributed by atoms with Crippen molar-refractivity contribution in [3.8, 4) is 5.75 Å². The van der Waals surface area contributed by atoms with Crippen LogP contribution in [0.25, 0.3) is 0 Å². The summed E-state index contributed by atoms with van der Waals surface area (Å²) < 4.78 is 17.5. The molecule has 1 saturated heterocycles. The molecule has 2 heterocycles. The quantitative estimate of drug-likeness (QED) is 0.708. The number of nitrogens with zero attached hydrogens (tertiary/aromatic N) is 1. The molecule has 0 bridgehead atoms. The van der Waals surface area contributed by atoms with Crippen LogP contribution in [0.3, 0.4) is 0 Å². The van der Waals surface area contributed by atoms with E-state index in [0.717, 1.165) is 29.0 Å². The summed E-state index contributed by atoms with van der Waals surface area (Å²) in [5.74, 6) is -0.545. The molecule has 0 unspecified atom stereocenters. The number of amides is 1. The van der Waals surface area contributed by atoms with Crippen molar-refractivity contribution in [2.24, 2.45) is 0 Å². The van der Waals surface area contributed by atoms with Gasteiger partial charge in [-0.05, 0) is 48.6 Å². The molecule has 154 valence electrons. The molecule has 0 atom stereocenters. The molecular formula is C24H29NO4. The molecule has 2 aromatic carbocycles. The Labute approximate surface area is 172 Å². The Hall–Kier alpha value is -2.37. The molecule has 5 heteroatoms. The van der Waals surface area contributed by atoms with Crippen molar-refractivity contribution in [1.29, 1.82) is 0 Å². The Morgan fingerprint density at radius 3 is 2.41 bits per heavy atom. The topological polar surface area (TPSA) is 48.0 Å². The Balaban J connectivity index is 1.40. The molecule has 5 nitrogen and oxygen atoms in total. The second kappa shape index (κ2) is 7.47. The van der Waals surface area contributed by atoms with Crippen LogP contribution in [0.2, 0.25) is 0 Å². The standard InChI is InChI=1S/C24H29NO4/c1-17-6-11-21-20(16-17)24(28-14-15-29-24)22(26)25(21)12-5-13-27-19-9-7-18(8-10-19)23(2,3)4/h6-11,16H,5,12-15H2,1-4H3. The molecule has 0 saturated carbocycles. The van der Waals surface area contributed by atoms with Gasteiger partial charge in [0.2, 0.25) is 0 Å².